The number of nitrogens with zero attached hydrogens (tertiary/aromatic N) is 4. The zero-order valence-corrected chi connectivity index (χ0v) is 34.5. The quantitative estimate of drug-likeness (QED) is 0.156. The third-order valence-corrected chi connectivity index (χ3v) is 10.7. The molecule has 4 aromatic heterocycles. The Morgan fingerprint density at radius 1 is 0.638 bits per heavy atom. The van der Waals surface area contributed by atoms with Crippen molar-refractivity contribution in [2.45, 2.75) is 20.6 Å². The van der Waals surface area contributed by atoms with Gasteiger partial charge in [0.15, 0.2) is 0 Å². The molecule has 1 radical (unpaired) electrons. The topological polar surface area (TPSA) is 43.6 Å². The molecule has 0 aliphatic carbocycles. The first-order valence-corrected chi connectivity index (χ1v) is 19.3. The summed E-state index contributed by atoms with van der Waals surface area (Å²) in [5, 5.41) is 4.80. The van der Waals surface area contributed by atoms with E-state index in [4.69, 9.17) is 13.2 Å². The van der Waals surface area contributed by atoms with Crippen molar-refractivity contribution >= 4 is 32.5 Å². The van der Waals surface area contributed by atoms with Gasteiger partial charge in [0.2, 0.25) is 0 Å². The Balaban J connectivity index is 0.000000225. The third kappa shape index (κ3) is 7.83. The molecular weight excluding hydrogens is 905 g/mol. The van der Waals surface area contributed by atoms with Crippen molar-refractivity contribution in [1.82, 2.24) is 19.5 Å². The van der Waals surface area contributed by atoms with Gasteiger partial charge in [0.05, 0.1) is 22.5 Å². The summed E-state index contributed by atoms with van der Waals surface area (Å²) in [5.74, 6) is 0.887. The van der Waals surface area contributed by atoms with Crippen molar-refractivity contribution in [3.05, 3.63) is 204 Å². The fourth-order valence-electron chi connectivity index (χ4n) is 7.12. The summed E-state index contributed by atoms with van der Waals surface area (Å²) in [7, 11) is 0. The Morgan fingerprint density at radius 2 is 1.33 bits per heavy atom. The Morgan fingerprint density at radius 3 is 1.98 bits per heavy atom. The Labute approximate surface area is 365 Å². The number of pyridine rings is 2. The predicted molar refractivity (Wildman–Crippen MR) is 238 cm³/mol. The summed E-state index contributed by atoms with van der Waals surface area (Å²) in [6.07, 6.45) is 4.98. The first kappa shape index (κ1) is 31.7. The molecule has 6 heteroatoms. The fourth-order valence-corrected chi connectivity index (χ4v) is 7.94. The van der Waals surface area contributed by atoms with E-state index in [-0.39, 0.29) is 31.2 Å². The van der Waals surface area contributed by atoms with E-state index in [1.165, 1.54) is 56.9 Å². The van der Waals surface area contributed by atoms with Crippen LogP contribution in [0, 0.1) is 32.1 Å². The minimum absolute atomic E-state index is 0. The van der Waals surface area contributed by atoms with Gasteiger partial charge >= 0.3 is 0 Å². The summed E-state index contributed by atoms with van der Waals surface area (Å²) < 4.78 is 47.2. The van der Waals surface area contributed by atoms with Crippen molar-refractivity contribution in [2.24, 2.45) is 0 Å². The van der Waals surface area contributed by atoms with Crippen molar-refractivity contribution < 1.29 is 28.3 Å². The van der Waals surface area contributed by atoms with Crippen LogP contribution < -0.4 is 0 Å². The second-order valence-electron chi connectivity index (χ2n) is 13.6. The maximum atomic E-state index is 7.28. The number of benzene rings is 6. The number of rotatable bonds is 6. The molecule has 4 nitrogen and oxygen atoms in total. The van der Waals surface area contributed by atoms with Gasteiger partial charge in [0.1, 0.15) is 0 Å². The van der Waals surface area contributed by atoms with E-state index in [0.29, 0.717) is 11.3 Å². The van der Waals surface area contributed by atoms with E-state index in [2.05, 4.69) is 160 Å². The van der Waals surface area contributed by atoms with E-state index in [0.717, 1.165) is 44.6 Å². The van der Waals surface area contributed by atoms with Crippen molar-refractivity contribution in [1.29, 1.82) is 0 Å². The Hall–Kier alpha value is -6.30. The summed E-state index contributed by atoms with van der Waals surface area (Å²) in [5.41, 5.74) is 13.9. The van der Waals surface area contributed by atoms with Gasteiger partial charge in [-0.05, 0) is 89.2 Å². The second kappa shape index (κ2) is 17.1. The van der Waals surface area contributed by atoms with Crippen LogP contribution in [-0.4, -0.2) is 19.5 Å². The molecule has 58 heavy (non-hydrogen) atoms. The van der Waals surface area contributed by atoms with Crippen molar-refractivity contribution in [2.75, 3.05) is 0 Å². The standard InChI is InChI=1S/C39H26N3S.C13H12N.Ir/c1-26-22-31(28-10-4-2-5-11-28)38(32(23-26)29-12-6-3-7-13-29)42-36-15-9-8-14-35(36)41-39(42)34-25-43-37-17-16-30(24-33(34)37)27-18-20-40-21-19-27;1-10-3-6-12(7-4-10)13-8-5-11(2)9-14-13;/h2-24H,1H3;3-6,8-9H,1-2H3;/q2*-1;/i;1D3,2D3;. The summed E-state index contributed by atoms with van der Waals surface area (Å²) in [4.78, 5) is 13.6. The molecule has 0 saturated carbocycles. The van der Waals surface area contributed by atoms with Crippen LogP contribution in [0.4, 0.5) is 0 Å². The van der Waals surface area contributed by atoms with Gasteiger partial charge in [-0.2, -0.15) is 0 Å². The normalized spacial score (nSPS) is 12.8. The zero-order chi connectivity index (χ0) is 43.7. The minimum atomic E-state index is -2.18. The van der Waals surface area contributed by atoms with E-state index >= 15 is 0 Å². The van der Waals surface area contributed by atoms with Crippen LogP contribution in [0.25, 0.3) is 82.8 Å². The molecule has 0 atom stereocenters. The van der Waals surface area contributed by atoms with Crippen LogP contribution in [0.15, 0.2) is 176 Å². The molecule has 283 valence electrons. The molecule has 0 aliphatic rings. The maximum Gasteiger partial charge on any atom is 0.0774 e. The van der Waals surface area contributed by atoms with Crippen LogP contribution in [0.3, 0.4) is 0 Å². The molecule has 4 heterocycles. The summed E-state index contributed by atoms with van der Waals surface area (Å²) in [6, 6.07) is 55.6. The minimum Gasteiger partial charge on any atom is -0.332 e. The molecule has 0 fully saturated rings. The van der Waals surface area contributed by atoms with Gasteiger partial charge in [-0.1, -0.05) is 126 Å². The number of fused-ring (bicyclic) bond motifs is 2. The fraction of sp³-hybridized carbons (Fsp3) is 0.0577. The smallest absolute Gasteiger partial charge is 0.0774 e. The van der Waals surface area contributed by atoms with E-state index < -0.39 is 13.7 Å². The van der Waals surface area contributed by atoms with Crippen molar-refractivity contribution in [3.8, 4) is 61.7 Å². The molecule has 0 saturated heterocycles. The SMILES string of the molecule is Cc1cc(-c2ccccc2)c(-n2c(-c3[c-]sc4ccc(-c5ccncc5)cc34)nc3ccccc32)c(-c2ccccc2)c1.[2H]C([2H])([2H])c1c[c-]c(-c2ccc(C([2H])([2H])[2H])cn2)cc1.[Ir]. The molecule has 0 spiro atoms. The molecular formula is C52H38IrN4S-2. The Kier molecular flexibility index (Phi) is 9.33. The molecule has 0 amide bonds. The zero-order valence-electron chi connectivity index (χ0n) is 37.3. The van der Waals surface area contributed by atoms with Crippen molar-refractivity contribution in [3.63, 3.8) is 0 Å². The number of para-hydroxylation sites is 2. The van der Waals surface area contributed by atoms with Crippen LogP contribution in [0.1, 0.15) is 24.9 Å². The van der Waals surface area contributed by atoms with Gasteiger partial charge in [0.25, 0.3) is 0 Å². The van der Waals surface area contributed by atoms with E-state index in [1.807, 2.05) is 12.4 Å². The van der Waals surface area contributed by atoms with Crippen LogP contribution in [-0.2, 0) is 20.1 Å². The van der Waals surface area contributed by atoms with Gasteiger partial charge in [0, 0.05) is 58.0 Å². The monoisotopic (exact) mass is 949 g/mol. The first-order chi connectivity index (χ1) is 30.4. The number of hydrogen-bond acceptors (Lipinski definition) is 4. The molecule has 0 aliphatic heterocycles. The number of thiophene rings is 1. The summed E-state index contributed by atoms with van der Waals surface area (Å²) in [6.45, 7) is -2.16. The number of aromatic nitrogens is 4. The molecule has 10 aromatic rings. The Bertz CT molecular complexity index is 3070. The van der Waals surface area contributed by atoms with Crippen LogP contribution in [0.5, 0.6) is 0 Å². The van der Waals surface area contributed by atoms with E-state index in [1.54, 1.807) is 23.5 Å². The molecule has 10 rings (SSSR count). The van der Waals surface area contributed by atoms with Gasteiger partial charge in [-0.25, -0.2) is 0 Å². The average Bonchev–Trinajstić information content (AvgIpc) is 3.90. The van der Waals surface area contributed by atoms with Gasteiger partial charge < -0.3 is 9.55 Å². The third-order valence-electron chi connectivity index (χ3n) is 9.81. The second-order valence-corrected chi connectivity index (χ2v) is 14.5. The van der Waals surface area contributed by atoms with E-state index in [9.17, 15) is 0 Å². The van der Waals surface area contributed by atoms with Gasteiger partial charge in [-0.3, -0.25) is 21.3 Å². The van der Waals surface area contributed by atoms with Crippen LogP contribution >= 0.6 is 11.3 Å². The summed E-state index contributed by atoms with van der Waals surface area (Å²) >= 11 is 1.64. The number of hydrogen-bond donors (Lipinski definition) is 0. The first-order valence-electron chi connectivity index (χ1n) is 21.5. The average molecular weight is 949 g/mol. The largest absolute Gasteiger partial charge is 0.332 e. The van der Waals surface area contributed by atoms with Gasteiger partial charge in [-0.15, -0.1) is 40.8 Å². The number of imidazole rings is 1. The molecule has 0 unspecified atom stereocenters. The molecule has 0 bridgehead atoms. The predicted octanol–water partition coefficient (Wildman–Crippen LogP) is 13.6. The van der Waals surface area contributed by atoms with Crippen LogP contribution in [0.2, 0.25) is 0 Å². The molecule has 6 aromatic carbocycles. The maximum absolute atomic E-state index is 7.28. The number of aryl methyl sites for hydroxylation is 3. The molecule has 0 N–H and O–H groups in total.